The number of rotatable bonds is 26. The van der Waals surface area contributed by atoms with Gasteiger partial charge in [-0.05, 0) is 18.8 Å². The van der Waals surface area contributed by atoms with Crippen molar-refractivity contribution in [1.82, 2.24) is 0 Å². The molecule has 0 heterocycles. The molecule has 0 radical (unpaired) electrons. The fourth-order valence-electron chi connectivity index (χ4n) is 4.51. The molecule has 0 saturated heterocycles. The van der Waals surface area contributed by atoms with Gasteiger partial charge in [-0.25, -0.2) is 8.42 Å². The van der Waals surface area contributed by atoms with Crippen molar-refractivity contribution in [2.75, 3.05) is 6.61 Å². The molecule has 0 aliphatic heterocycles. The Morgan fingerprint density at radius 2 is 0.818 bits per heavy atom. The minimum atomic E-state index is -4.57. The van der Waals surface area contributed by atoms with Crippen LogP contribution < -0.4 is 29.6 Å². The average molecular weight is 499 g/mol. The Bertz CT molecular complexity index is 471. The quantitative estimate of drug-likeness (QED) is 0.0626. The molecule has 0 rings (SSSR count). The van der Waals surface area contributed by atoms with Crippen molar-refractivity contribution in [2.24, 2.45) is 5.92 Å². The first-order valence-corrected chi connectivity index (χ1v) is 15.4. The van der Waals surface area contributed by atoms with Crippen LogP contribution in [0.3, 0.4) is 0 Å². The zero-order valence-corrected chi connectivity index (χ0v) is 25.4. The smallest absolute Gasteiger partial charge is 0.726 e. The van der Waals surface area contributed by atoms with E-state index < -0.39 is 10.4 Å². The first kappa shape index (κ1) is 36.0. The molecule has 1 unspecified atom stereocenters. The average Bonchev–Trinajstić information content (AvgIpc) is 2.75. The molecule has 0 aromatic carbocycles. The second kappa shape index (κ2) is 27.5. The van der Waals surface area contributed by atoms with Crippen LogP contribution in [0.4, 0.5) is 0 Å². The Kier molecular flexibility index (Phi) is 30.0. The van der Waals surface area contributed by atoms with Gasteiger partial charge in [0.05, 0.1) is 6.61 Å². The molecule has 0 saturated carbocycles. The Morgan fingerprint density at radius 3 is 1.09 bits per heavy atom. The second-order valence-corrected chi connectivity index (χ2v) is 10.9. The number of unbranched alkanes of at least 4 members (excludes halogenated alkanes) is 19. The van der Waals surface area contributed by atoms with Gasteiger partial charge >= 0.3 is 29.6 Å². The van der Waals surface area contributed by atoms with Gasteiger partial charge in [0.1, 0.15) is 0 Å². The number of hydrogen-bond acceptors (Lipinski definition) is 4. The van der Waals surface area contributed by atoms with Crippen molar-refractivity contribution in [2.45, 2.75) is 162 Å². The first-order valence-electron chi connectivity index (χ1n) is 14.1. The van der Waals surface area contributed by atoms with Gasteiger partial charge in [-0.2, -0.15) is 0 Å². The molecule has 0 aliphatic carbocycles. The van der Waals surface area contributed by atoms with Crippen LogP contribution in [0, 0.1) is 5.92 Å². The Labute approximate surface area is 230 Å². The van der Waals surface area contributed by atoms with Crippen LogP contribution >= 0.6 is 0 Å². The fourth-order valence-corrected chi connectivity index (χ4v) is 4.87. The van der Waals surface area contributed by atoms with Crippen molar-refractivity contribution in [3.8, 4) is 0 Å². The molecule has 4 nitrogen and oxygen atoms in total. The molecule has 0 amide bonds. The van der Waals surface area contributed by atoms with Gasteiger partial charge in [-0.1, -0.05) is 149 Å². The molecule has 6 heteroatoms. The predicted molar refractivity (Wildman–Crippen MR) is 137 cm³/mol. The SMILES string of the molecule is CCCCCCCCCCCCCCCCC(CCCCCCCCC)COS(=O)(=O)[O-].[Na+]. The van der Waals surface area contributed by atoms with E-state index in [2.05, 4.69) is 18.0 Å². The summed E-state index contributed by atoms with van der Waals surface area (Å²) in [6.07, 6.45) is 29.5. The third-order valence-electron chi connectivity index (χ3n) is 6.63. The Hall–Kier alpha value is 0.870. The molecule has 194 valence electrons. The van der Waals surface area contributed by atoms with Crippen LogP contribution in [0.1, 0.15) is 162 Å². The largest absolute Gasteiger partial charge is 1.00 e. The maximum Gasteiger partial charge on any atom is 1.00 e. The minimum Gasteiger partial charge on any atom is -0.726 e. The summed E-state index contributed by atoms with van der Waals surface area (Å²) in [5.41, 5.74) is 0. The van der Waals surface area contributed by atoms with Crippen LogP contribution in [0.15, 0.2) is 0 Å². The Balaban J connectivity index is 0. The molecule has 0 aliphatic rings. The minimum absolute atomic E-state index is 0. The molecule has 1 atom stereocenters. The zero-order valence-electron chi connectivity index (χ0n) is 22.6. The maximum absolute atomic E-state index is 10.8. The van der Waals surface area contributed by atoms with Crippen LogP contribution in [0.25, 0.3) is 0 Å². The van der Waals surface area contributed by atoms with Crippen LogP contribution in [0.2, 0.25) is 0 Å². The summed E-state index contributed by atoms with van der Waals surface area (Å²) in [6, 6.07) is 0. The standard InChI is InChI=1S/C27H56O4S.Na/c1-3-5-7-9-11-12-13-14-15-16-17-19-21-23-25-27(26-31-32(28,29)30)24-22-20-18-10-8-6-4-2;/h27H,3-26H2,1-2H3,(H,28,29,30);/q;+1/p-1. The van der Waals surface area contributed by atoms with Crippen LogP contribution in [-0.4, -0.2) is 19.6 Å². The van der Waals surface area contributed by atoms with Gasteiger partial charge in [-0.15, -0.1) is 0 Å². The van der Waals surface area contributed by atoms with E-state index in [0.29, 0.717) is 0 Å². The van der Waals surface area contributed by atoms with Crippen LogP contribution in [-0.2, 0) is 14.6 Å². The summed E-state index contributed by atoms with van der Waals surface area (Å²) in [4.78, 5) is 0. The van der Waals surface area contributed by atoms with E-state index in [1.54, 1.807) is 0 Å². The summed E-state index contributed by atoms with van der Waals surface area (Å²) in [6.45, 7) is 4.57. The molecule has 0 fully saturated rings. The van der Waals surface area contributed by atoms with E-state index in [1.807, 2.05) is 0 Å². The van der Waals surface area contributed by atoms with Crippen molar-refractivity contribution in [3.63, 3.8) is 0 Å². The Morgan fingerprint density at radius 1 is 0.545 bits per heavy atom. The third kappa shape index (κ3) is 30.8. The molecular weight excluding hydrogens is 443 g/mol. The molecule has 0 aromatic rings. The third-order valence-corrected chi connectivity index (χ3v) is 7.05. The summed E-state index contributed by atoms with van der Waals surface area (Å²) in [5.74, 6) is 0.201. The van der Waals surface area contributed by atoms with E-state index in [9.17, 15) is 13.0 Å². The molecule has 33 heavy (non-hydrogen) atoms. The van der Waals surface area contributed by atoms with E-state index in [0.717, 1.165) is 25.7 Å². The summed E-state index contributed by atoms with van der Waals surface area (Å²) >= 11 is 0. The van der Waals surface area contributed by atoms with Crippen molar-refractivity contribution in [3.05, 3.63) is 0 Å². The van der Waals surface area contributed by atoms with E-state index in [4.69, 9.17) is 0 Å². The van der Waals surface area contributed by atoms with Crippen LogP contribution in [0.5, 0.6) is 0 Å². The van der Waals surface area contributed by atoms with E-state index in [-0.39, 0.29) is 42.1 Å². The van der Waals surface area contributed by atoms with Gasteiger partial charge in [-0.3, -0.25) is 4.18 Å². The second-order valence-electron chi connectivity index (χ2n) is 9.85. The van der Waals surface area contributed by atoms with Gasteiger partial charge < -0.3 is 4.55 Å². The van der Waals surface area contributed by atoms with Gasteiger partial charge in [0.25, 0.3) is 0 Å². The maximum atomic E-state index is 10.8. The predicted octanol–water partition coefficient (Wildman–Crippen LogP) is 6.10. The summed E-state index contributed by atoms with van der Waals surface area (Å²) < 4.78 is 37.1. The van der Waals surface area contributed by atoms with E-state index in [1.165, 1.54) is 122 Å². The molecular formula is C27H55NaO4S. The molecule has 0 N–H and O–H groups in total. The molecule has 0 spiro atoms. The van der Waals surface area contributed by atoms with Gasteiger partial charge in [0, 0.05) is 0 Å². The van der Waals surface area contributed by atoms with Crippen molar-refractivity contribution < 1.29 is 46.7 Å². The molecule has 0 aromatic heterocycles. The summed E-state index contributed by atoms with van der Waals surface area (Å²) in [7, 11) is -4.57. The first-order chi connectivity index (χ1) is 15.5. The molecule has 0 bridgehead atoms. The zero-order chi connectivity index (χ0) is 23.8. The van der Waals surface area contributed by atoms with Crippen molar-refractivity contribution in [1.29, 1.82) is 0 Å². The normalized spacial score (nSPS) is 12.6. The van der Waals surface area contributed by atoms with Gasteiger partial charge in [0.2, 0.25) is 10.4 Å². The monoisotopic (exact) mass is 498 g/mol. The number of hydrogen-bond donors (Lipinski definition) is 0. The van der Waals surface area contributed by atoms with Crippen molar-refractivity contribution >= 4 is 10.4 Å². The van der Waals surface area contributed by atoms with Gasteiger partial charge in [0.15, 0.2) is 0 Å². The fraction of sp³-hybridized carbons (Fsp3) is 1.00. The topological polar surface area (TPSA) is 66.4 Å². The van der Waals surface area contributed by atoms with E-state index >= 15 is 0 Å². The summed E-state index contributed by atoms with van der Waals surface area (Å²) in [5, 5.41) is 0.